The van der Waals surface area contributed by atoms with Gasteiger partial charge in [0.1, 0.15) is 10.7 Å². The molecule has 0 aromatic carbocycles. The average molecular weight is 310 g/mol. The zero-order valence-electron chi connectivity index (χ0n) is 12.1. The number of nitrogens with one attached hydrogen (secondary N) is 2. The van der Waals surface area contributed by atoms with Gasteiger partial charge in [-0.15, -0.1) is 0 Å². The number of nitrogens with zero attached hydrogens (tertiary/aromatic N) is 1. The van der Waals surface area contributed by atoms with Gasteiger partial charge in [-0.2, -0.15) is 0 Å². The van der Waals surface area contributed by atoms with Crippen LogP contribution in [-0.4, -0.2) is 36.2 Å². The van der Waals surface area contributed by atoms with Crippen molar-refractivity contribution in [1.29, 1.82) is 0 Å². The summed E-state index contributed by atoms with van der Waals surface area (Å²) in [6.07, 6.45) is 7.51. The number of carbonyl (C=O) groups is 1. The fourth-order valence-corrected chi connectivity index (χ4v) is 3.36. The molecule has 3 rings (SSSR count). The van der Waals surface area contributed by atoms with E-state index in [-0.39, 0.29) is 5.91 Å². The Morgan fingerprint density at radius 1 is 1.33 bits per heavy atom. The molecular weight excluding hydrogens is 288 g/mol. The minimum atomic E-state index is -0.163. The predicted molar refractivity (Wildman–Crippen MR) is 83.7 cm³/mol. The Kier molecular flexibility index (Phi) is 4.60. The fraction of sp³-hybridized carbons (Fsp3) is 0.714. The Balaban J connectivity index is 1.42. The third-order valence-electron chi connectivity index (χ3n) is 3.81. The van der Waals surface area contributed by atoms with E-state index in [1.165, 1.54) is 37.0 Å². The summed E-state index contributed by atoms with van der Waals surface area (Å²) in [5.74, 6) is 0.140. The largest absolute Gasteiger partial charge is 0.382 e. The predicted octanol–water partition coefficient (Wildman–Crippen LogP) is 1.99. The minimum absolute atomic E-state index is 0.163. The van der Waals surface area contributed by atoms with Gasteiger partial charge in [-0.1, -0.05) is 24.2 Å². The summed E-state index contributed by atoms with van der Waals surface area (Å²) in [6, 6.07) is 0.506. The number of thiazole rings is 1. The van der Waals surface area contributed by atoms with Crippen LogP contribution in [0.15, 0.2) is 0 Å². The Bertz CT molecular complexity index is 495. The summed E-state index contributed by atoms with van der Waals surface area (Å²) in [4.78, 5) is 16.8. The van der Waals surface area contributed by atoms with Gasteiger partial charge in [0, 0.05) is 12.6 Å². The van der Waals surface area contributed by atoms with Crippen LogP contribution in [0.4, 0.5) is 10.9 Å². The van der Waals surface area contributed by atoms with Crippen molar-refractivity contribution in [2.75, 3.05) is 24.2 Å². The second-order valence-corrected chi connectivity index (χ2v) is 6.68. The molecule has 0 radical (unpaired) electrons. The number of hydrogen-bond donors (Lipinski definition) is 3. The molecule has 2 aliphatic carbocycles. The highest BCUT2D eigenvalue weighted by atomic mass is 32.1. The maximum Gasteiger partial charge on any atom is 0.265 e. The molecule has 1 amide bonds. The molecule has 116 valence electrons. The number of carbonyl (C=O) groups excluding carboxylic acids is 1. The standard InChI is InChI=1S/C14H22N4O2S/c15-12-11(21-14(18-12)17-9-5-6-9)13(19)16-7-8-20-10-3-1-2-4-10/h9-10H,1-8,15H2,(H,16,19)(H,17,18). The van der Waals surface area contributed by atoms with Crippen molar-refractivity contribution in [1.82, 2.24) is 10.3 Å². The third kappa shape index (κ3) is 4.07. The number of aromatic nitrogens is 1. The first-order chi connectivity index (χ1) is 10.2. The summed E-state index contributed by atoms with van der Waals surface area (Å²) in [6.45, 7) is 1.07. The topological polar surface area (TPSA) is 89.3 Å². The van der Waals surface area contributed by atoms with Crippen LogP contribution in [0, 0.1) is 0 Å². The first-order valence-electron chi connectivity index (χ1n) is 7.65. The van der Waals surface area contributed by atoms with Crippen molar-refractivity contribution in [2.24, 2.45) is 0 Å². The number of amides is 1. The molecule has 0 aliphatic heterocycles. The van der Waals surface area contributed by atoms with Crippen molar-refractivity contribution >= 4 is 28.2 Å². The Morgan fingerprint density at radius 2 is 2.10 bits per heavy atom. The lowest BCUT2D eigenvalue weighted by atomic mass is 10.3. The highest BCUT2D eigenvalue weighted by Gasteiger charge is 2.24. The molecule has 2 fully saturated rings. The second kappa shape index (κ2) is 6.62. The van der Waals surface area contributed by atoms with Gasteiger partial charge < -0.3 is 21.1 Å². The molecule has 7 heteroatoms. The van der Waals surface area contributed by atoms with Crippen LogP contribution in [0.1, 0.15) is 48.2 Å². The van der Waals surface area contributed by atoms with Crippen molar-refractivity contribution in [3.05, 3.63) is 4.88 Å². The first kappa shape index (κ1) is 14.6. The summed E-state index contributed by atoms with van der Waals surface area (Å²) in [5, 5.41) is 6.84. The maximum atomic E-state index is 12.1. The summed E-state index contributed by atoms with van der Waals surface area (Å²) in [5.41, 5.74) is 5.81. The Labute approximate surface area is 128 Å². The molecule has 1 aromatic rings. The molecule has 0 saturated heterocycles. The van der Waals surface area contributed by atoms with E-state index in [9.17, 15) is 4.79 Å². The number of anilines is 2. The maximum absolute atomic E-state index is 12.1. The molecule has 21 heavy (non-hydrogen) atoms. The van der Waals surface area contributed by atoms with Crippen LogP contribution in [-0.2, 0) is 4.74 Å². The van der Waals surface area contributed by atoms with Gasteiger partial charge >= 0.3 is 0 Å². The number of ether oxygens (including phenoxy) is 1. The van der Waals surface area contributed by atoms with Crippen LogP contribution in [0.3, 0.4) is 0 Å². The average Bonchev–Trinajstić information content (AvgIpc) is 2.98. The van der Waals surface area contributed by atoms with E-state index in [4.69, 9.17) is 10.5 Å². The quantitative estimate of drug-likeness (QED) is 0.670. The highest BCUT2D eigenvalue weighted by Crippen LogP contribution is 2.30. The van der Waals surface area contributed by atoms with Crippen LogP contribution in [0.25, 0.3) is 0 Å². The molecular formula is C14H22N4O2S. The van der Waals surface area contributed by atoms with Crippen LogP contribution in [0.5, 0.6) is 0 Å². The monoisotopic (exact) mass is 310 g/mol. The minimum Gasteiger partial charge on any atom is -0.382 e. The molecule has 2 aliphatic rings. The molecule has 1 aromatic heterocycles. The molecule has 0 unspecified atom stereocenters. The summed E-state index contributed by atoms with van der Waals surface area (Å²) >= 11 is 1.32. The van der Waals surface area contributed by atoms with E-state index < -0.39 is 0 Å². The van der Waals surface area contributed by atoms with Crippen molar-refractivity contribution in [3.8, 4) is 0 Å². The number of nitrogens with two attached hydrogens (primary N) is 1. The normalized spacial score (nSPS) is 18.9. The molecule has 0 spiro atoms. The Morgan fingerprint density at radius 3 is 2.81 bits per heavy atom. The van der Waals surface area contributed by atoms with E-state index in [0.29, 0.717) is 36.0 Å². The van der Waals surface area contributed by atoms with Gasteiger partial charge in [0.25, 0.3) is 5.91 Å². The lowest BCUT2D eigenvalue weighted by Gasteiger charge is -2.11. The van der Waals surface area contributed by atoms with Gasteiger partial charge in [-0.3, -0.25) is 4.79 Å². The molecule has 2 saturated carbocycles. The molecule has 0 bridgehead atoms. The molecule has 1 heterocycles. The van der Waals surface area contributed by atoms with E-state index in [2.05, 4.69) is 15.6 Å². The molecule has 4 N–H and O–H groups in total. The van der Waals surface area contributed by atoms with Gasteiger partial charge in [0.15, 0.2) is 5.13 Å². The lowest BCUT2D eigenvalue weighted by Crippen LogP contribution is -2.28. The number of rotatable bonds is 7. The second-order valence-electron chi connectivity index (χ2n) is 5.69. The molecule has 0 atom stereocenters. The van der Waals surface area contributed by atoms with Gasteiger partial charge in [-0.25, -0.2) is 4.98 Å². The summed E-state index contributed by atoms with van der Waals surface area (Å²) in [7, 11) is 0. The van der Waals surface area contributed by atoms with Crippen LogP contribution >= 0.6 is 11.3 Å². The van der Waals surface area contributed by atoms with Gasteiger partial charge in [0.05, 0.1) is 12.7 Å². The smallest absolute Gasteiger partial charge is 0.265 e. The van der Waals surface area contributed by atoms with Crippen molar-refractivity contribution < 1.29 is 9.53 Å². The Hall–Kier alpha value is -1.34. The SMILES string of the molecule is Nc1nc(NC2CC2)sc1C(=O)NCCOC1CCCC1. The molecule has 6 nitrogen and oxygen atoms in total. The highest BCUT2D eigenvalue weighted by molar-refractivity contribution is 7.18. The van der Waals surface area contributed by atoms with Gasteiger partial charge in [-0.05, 0) is 25.7 Å². The van der Waals surface area contributed by atoms with Crippen LogP contribution < -0.4 is 16.4 Å². The van der Waals surface area contributed by atoms with E-state index in [1.54, 1.807) is 0 Å². The van der Waals surface area contributed by atoms with E-state index in [1.807, 2.05) is 0 Å². The zero-order valence-corrected chi connectivity index (χ0v) is 12.9. The number of hydrogen-bond acceptors (Lipinski definition) is 6. The van der Waals surface area contributed by atoms with E-state index in [0.717, 1.165) is 18.0 Å². The van der Waals surface area contributed by atoms with E-state index >= 15 is 0 Å². The van der Waals surface area contributed by atoms with Crippen molar-refractivity contribution in [2.45, 2.75) is 50.7 Å². The van der Waals surface area contributed by atoms with Crippen molar-refractivity contribution in [3.63, 3.8) is 0 Å². The first-order valence-corrected chi connectivity index (χ1v) is 8.46. The lowest BCUT2D eigenvalue weighted by molar-refractivity contribution is 0.0582. The number of nitrogen functional groups attached to an aromatic ring is 1. The van der Waals surface area contributed by atoms with Crippen LogP contribution in [0.2, 0.25) is 0 Å². The fourth-order valence-electron chi connectivity index (χ4n) is 2.48. The third-order valence-corrected chi connectivity index (χ3v) is 4.81. The zero-order chi connectivity index (χ0) is 14.7. The summed E-state index contributed by atoms with van der Waals surface area (Å²) < 4.78 is 5.72. The van der Waals surface area contributed by atoms with Gasteiger partial charge in [0.2, 0.25) is 0 Å².